The molecule has 6 nitrogen and oxygen atoms in total. The topological polar surface area (TPSA) is 71.1 Å². The van der Waals surface area contributed by atoms with E-state index in [1.165, 1.54) is 0 Å². The second-order valence-corrected chi connectivity index (χ2v) is 2.92. The zero-order valence-corrected chi connectivity index (χ0v) is 8.88. The van der Waals surface area contributed by atoms with Crippen LogP contribution in [0.25, 0.3) is 0 Å². The van der Waals surface area contributed by atoms with Crippen LogP contribution >= 0.6 is 0 Å². The van der Waals surface area contributed by atoms with Gasteiger partial charge in [0, 0.05) is 0 Å². The van der Waals surface area contributed by atoms with Crippen LogP contribution in [0.5, 0.6) is 0 Å². The Morgan fingerprint density at radius 2 is 1.47 bits per heavy atom. The highest BCUT2D eigenvalue weighted by atomic mass is 16.7. The molecular weight excluding hydrogens is 228 g/mol. The Labute approximate surface area is 98.2 Å². The number of hydrogen-bond donors (Lipinski definition) is 0. The third-order valence-electron chi connectivity index (χ3n) is 1.83. The summed E-state index contributed by atoms with van der Waals surface area (Å²) in [7, 11) is 0. The van der Waals surface area contributed by atoms with Crippen LogP contribution in [0.2, 0.25) is 0 Å². The Morgan fingerprint density at radius 1 is 1.06 bits per heavy atom. The Balaban J connectivity index is 2.54. The Hall–Kier alpha value is -2.02. The molecule has 90 valence electrons. The van der Waals surface area contributed by atoms with Crippen molar-refractivity contribution in [2.24, 2.45) is 0 Å². The van der Waals surface area contributed by atoms with Gasteiger partial charge >= 0.3 is 11.9 Å². The summed E-state index contributed by atoms with van der Waals surface area (Å²) in [4.78, 5) is 22.8. The van der Waals surface area contributed by atoms with Crippen molar-refractivity contribution in [3.63, 3.8) is 0 Å². The summed E-state index contributed by atoms with van der Waals surface area (Å²) in [5.74, 6) is 2.69. The quantitative estimate of drug-likeness (QED) is 0.466. The van der Waals surface area contributed by atoms with Crippen molar-refractivity contribution >= 4 is 11.9 Å². The molecule has 1 saturated heterocycles. The van der Waals surface area contributed by atoms with Crippen molar-refractivity contribution < 1.29 is 28.5 Å². The Kier molecular flexibility index (Phi) is 5.02. The van der Waals surface area contributed by atoms with Gasteiger partial charge in [0.1, 0.15) is 6.79 Å². The summed E-state index contributed by atoms with van der Waals surface area (Å²) in [5.41, 5.74) is 0. The highest BCUT2D eigenvalue weighted by molar-refractivity contribution is 5.86. The van der Waals surface area contributed by atoms with E-state index in [4.69, 9.17) is 22.3 Å². The van der Waals surface area contributed by atoms with Gasteiger partial charge in [-0.2, -0.15) is 0 Å². The monoisotopic (exact) mass is 238 g/mol. The first-order valence-electron chi connectivity index (χ1n) is 4.64. The van der Waals surface area contributed by atoms with Gasteiger partial charge in [0.2, 0.25) is 0 Å². The lowest BCUT2D eigenvalue weighted by Crippen LogP contribution is -2.39. The van der Waals surface area contributed by atoms with Crippen LogP contribution in [0.4, 0.5) is 0 Å². The lowest BCUT2D eigenvalue weighted by Gasteiger charge is -2.13. The van der Waals surface area contributed by atoms with Crippen LogP contribution in [-0.4, -0.2) is 44.2 Å². The van der Waals surface area contributed by atoms with E-state index < -0.39 is 24.1 Å². The molecule has 1 rings (SSSR count). The number of carbonyl (C=O) groups excluding carboxylic acids is 2. The molecule has 0 N–H and O–H groups in total. The molecule has 0 bridgehead atoms. The molecule has 0 aromatic carbocycles. The SMILES string of the molecule is C#CCOC(=O)C1OCOC1C(=O)OCC#C. The van der Waals surface area contributed by atoms with E-state index in [-0.39, 0.29) is 20.0 Å². The molecule has 0 aromatic rings. The van der Waals surface area contributed by atoms with Crippen molar-refractivity contribution in [1.82, 2.24) is 0 Å². The van der Waals surface area contributed by atoms with Gasteiger partial charge < -0.3 is 18.9 Å². The van der Waals surface area contributed by atoms with Gasteiger partial charge in [-0.05, 0) is 0 Å². The predicted octanol–water partition coefficient (Wildman–Crippen LogP) is -0.919. The summed E-state index contributed by atoms with van der Waals surface area (Å²) < 4.78 is 19.1. The number of hydrogen-bond acceptors (Lipinski definition) is 6. The average Bonchev–Trinajstić information content (AvgIpc) is 2.82. The Morgan fingerprint density at radius 3 is 1.82 bits per heavy atom. The van der Waals surface area contributed by atoms with Crippen molar-refractivity contribution in [3.8, 4) is 24.7 Å². The second kappa shape index (κ2) is 6.54. The molecule has 0 saturated carbocycles. The summed E-state index contributed by atoms with van der Waals surface area (Å²) in [6.07, 6.45) is 7.50. The minimum absolute atomic E-state index is 0.203. The van der Waals surface area contributed by atoms with Crippen molar-refractivity contribution in [2.45, 2.75) is 12.2 Å². The molecule has 0 aromatic heterocycles. The largest absolute Gasteiger partial charge is 0.451 e. The van der Waals surface area contributed by atoms with Crippen molar-refractivity contribution in [1.29, 1.82) is 0 Å². The van der Waals surface area contributed by atoms with Gasteiger partial charge in [0.25, 0.3) is 0 Å². The summed E-state index contributed by atoms with van der Waals surface area (Å²) in [5, 5.41) is 0. The van der Waals surface area contributed by atoms with Crippen LogP contribution in [-0.2, 0) is 28.5 Å². The molecule has 0 aliphatic carbocycles. The molecule has 2 atom stereocenters. The molecule has 1 aliphatic heterocycles. The Bertz CT molecular complexity index is 338. The number of terminal acetylenes is 2. The zero-order chi connectivity index (χ0) is 12.7. The van der Waals surface area contributed by atoms with E-state index in [1.807, 2.05) is 0 Å². The maximum absolute atomic E-state index is 11.4. The smallest absolute Gasteiger partial charge is 0.339 e. The van der Waals surface area contributed by atoms with Gasteiger partial charge in [0.15, 0.2) is 25.4 Å². The molecule has 1 fully saturated rings. The minimum atomic E-state index is -1.17. The number of esters is 2. The summed E-state index contributed by atoms with van der Waals surface area (Å²) >= 11 is 0. The second-order valence-electron chi connectivity index (χ2n) is 2.92. The molecule has 2 unspecified atom stereocenters. The molecule has 17 heavy (non-hydrogen) atoms. The van der Waals surface area contributed by atoms with Gasteiger partial charge in [-0.3, -0.25) is 0 Å². The first-order valence-corrected chi connectivity index (χ1v) is 4.64. The fourth-order valence-electron chi connectivity index (χ4n) is 1.13. The first kappa shape index (κ1) is 13.0. The fourth-order valence-corrected chi connectivity index (χ4v) is 1.13. The summed E-state index contributed by atoms with van der Waals surface area (Å²) in [6.45, 7) is -0.610. The highest BCUT2D eigenvalue weighted by Crippen LogP contribution is 2.16. The minimum Gasteiger partial charge on any atom is -0.451 e. The fraction of sp³-hybridized carbons (Fsp3) is 0.455. The van der Waals surface area contributed by atoms with E-state index in [9.17, 15) is 9.59 Å². The van der Waals surface area contributed by atoms with E-state index >= 15 is 0 Å². The van der Waals surface area contributed by atoms with E-state index in [1.54, 1.807) is 0 Å². The first-order chi connectivity index (χ1) is 8.20. The van der Waals surface area contributed by atoms with Gasteiger partial charge in [-0.1, -0.05) is 11.8 Å². The zero-order valence-electron chi connectivity index (χ0n) is 8.88. The predicted molar refractivity (Wildman–Crippen MR) is 54.2 cm³/mol. The molecule has 1 heterocycles. The molecule has 0 radical (unpaired) electrons. The van der Waals surface area contributed by atoms with E-state index in [0.717, 1.165) is 0 Å². The van der Waals surface area contributed by atoms with Crippen molar-refractivity contribution in [2.75, 3.05) is 20.0 Å². The van der Waals surface area contributed by atoms with Crippen molar-refractivity contribution in [3.05, 3.63) is 0 Å². The van der Waals surface area contributed by atoms with Crippen LogP contribution < -0.4 is 0 Å². The highest BCUT2D eigenvalue weighted by Gasteiger charge is 2.42. The van der Waals surface area contributed by atoms with E-state index in [2.05, 4.69) is 21.3 Å². The molecule has 0 amide bonds. The third kappa shape index (κ3) is 3.49. The normalized spacial score (nSPS) is 22.2. The van der Waals surface area contributed by atoms with Gasteiger partial charge in [0.05, 0.1) is 0 Å². The number of carbonyl (C=O) groups is 2. The van der Waals surface area contributed by atoms with Gasteiger partial charge in [-0.25, -0.2) is 9.59 Å². The van der Waals surface area contributed by atoms with E-state index in [0.29, 0.717) is 0 Å². The average molecular weight is 238 g/mol. The van der Waals surface area contributed by atoms with Crippen LogP contribution in [0, 0.1) is 24.7 Å². The lowest BCUT2D eigenvalue weighted by molar-refractivity contribution is -0.161. The van der Waals surface area contributed by atoms with Crippen LogP contribution in [0.3, 0.4) is 0 Å². The standard InChI is InChI=1S/C11H10O6/c1-3-5-14-10(12)8-9(17-7-16-8)11(13)15-6-4-2/h1-2,8-9H,5-7H2. The van der Waals surface area contributed by atoms with Crippen LogP contribution in [0.15, 0.2) is 0 Å². The summed E-state index contributed by atoms with van der Waals surface area (Å²) in [6, 6.07) is 0. The third-order valence-corrected chi connectivity index (χ3v) is 1.83. The molecule has 1 aliphatic rings. The molecular formula is C11H10O6. The maximum Gasteiger partial charge on any atom is 0.339 e. The molecule has 0 spiro atoms. The van der Waals surface area contributed by atoms with Gasteiger partial charge in [-0.15, -0.1) is 12.8 Å². The molecule has 6 heteroatoms. The van der Waals surface area contributed by atoms with Crippen LogP contribution in [0.1, 0.15) is 0 Å². The number of rotatable bonds is 4. The lowest BCUT2D eigenvalue weighted by atomic mass is 10.2. The maximum atomic E-state index is 11.4. The number of ether oxygens (including phenoxy) is 4.